The highest BCUT2D eigenvalue weighted by Gasteiger charge is 2.55. The second kappa shape index (κ2) is 9.92. The number of rotatable bonds is 3. The largest absolute Gasteiger partial charge is 0.490 e. The molecule has 36 heavy (non-hydrogen) atoms. The van der Waals surface area contributed by atoms with Gasteiger partial charge < -0.3 is 25.1 Å². The maximum atomic E-state index is 14.3. The molecule has 12 heteroatoms. The Balaban J connectivity index is 0.000000384. The summed E-state index contributed by atoms with van der Waals surface area (Å²) >= 11 is 0. The number of aliphatic imine (C=N–C) groups is 1. The zero-order valence-electron chi connectivity index (χ0n) is 19.3. The van der Waals surface area contributed by atoms with Crippen LogP contribution < -0.4 is 10.5 Å². The molecule has 8 nitrogen and oxygen atoms in total. The molecule has 3 aliphatic rings. The number of hydrogen-bond donors (Lipinski definition) is 2. The molecule has 1 spiro atoms. The van der Waals surface area contributed by atoms with Crippen LogP contribution in [0.25, 0.3) is 11.1 Å². The number of carboxylic acids is 1. The number of aliphatic carboxylic acids is 1. The van der Waals surface area contributed by atoms with E-state index in [2.05, 4.69) is 4.98 Å². The summed E-state index contributed by atoms with van der Waals surface area (Å²) in [5, 5.41) is 7.12. The van der Waals surface area contributed by atoms with Crippen molar-refractivity contribution in [3.63, 3.8) is 0 Å². The smallest absolute Gasteiger partial charge is 0.490 e. The van der Waals surface area contributed by atoms with Gasteiger partial charge in [0.2, 0.25) is 5.95 Å². The lowest BCUT2D eigenvalue weighted by Gasteiger charge is -2.47. The van der Waals surface area contributed by atoms with Gasteiger partial charge in [-0.3, -0.25) is 0 Å². The quantitative estimate of drug-likeness (QED) is 0.472. The molecule has 0 saturated heterocycles. The van der Waals surface area contributed by atoms with Crippen LogP contribution in [0.2, 0.25) is 0 Å². The summed E-state index contributed by atoms with van der Waals surface area (Å²) in [5.41, 5.74) is 7.39. The van der Waals surface area contributed by atoms with Crippen molar-refractivity contribution in [2.45, 2.75) is 50.1 Å². The molecule has 0 radical (unpaired) electrons. The van der Waals surface area contributed by atoms with E-state index in [-0.39, 0.29) is 24.1 Å². The monoisotopic (exact) mass is 511 g/mol. The molecule has 1 fully saturated rings. The molecule has 1 aromatic carbocycles. The van der Waals surface area contributed by atoms with Crippen LogP contribution in [0.4, 0.5) is 17.6 Å². The van der Waals surface area contributed by atoms with Gasteiger partial charge in [-0.2, -0.15) is 17.6 Å². The maximum Gasteiger partial charge on any atom is 0.490 e. The Labute approximate surface area is 204 Å². The average Bonchev–Trinajstić information content (AvgIpc) is 3.22. The predicted octanol–water partition coefficient (Wildman–Crippen LogP) is 4.03. The molecule has 1 saturated carbocycles. The second-order valence-electron chi connectivity index (χ2n) is 8.67. The first-order valence-electron chi connectivity index (χ1n) is 11.4. The predicted molar refractivity (Wildman–Crippen MR) is 120 cm³/mol. The van der Waals surface area contributed by atoms with Crippen molar-refractivity contribution in [2.24, 2.45) is 16.6 Å². The number of pyridine rings is 1. The summed E-state index contributed by atoms with van der Waals surface area (Å²) in [6, 6.07) is 9.34. The minimum Gasteiger partial charge on any atom is -0.490 e. The van der Waals surface area contributed by atoms with E-state index < -0.39 is 23.6 Å². The molecule has 0 bridgehead atoms. The average molecular weight is 511 g/mol. The fourth-order valence-electron chi connectivity index (χ4n) is 5.01. The Bertz CT molecular complexity index is 1160. The van der Waals surface area contributed by atoms with Crippen LogP contribution in [0.5, 0.6) is 5.75 Å². The number of hydrogen-bond acceptors (Lipinski definition) is 7. The van der Waals surface area contributed by atoms with Crippen molar-refractivity contribution in [3.05, 3.63) is 48.0 Å². The number of alkyl halides is 3. The zero-order chi connectivity index (χ0) is 26.1. The zero-order valence-corrected chi connectivity index (χ0v) is 19.3. The number of fused-ring (bicyclic) bond motifs is 4. The summed E-state index contributed by atoms with van der Waals surface area (Å²) in [7, 11) is 0. The van der Waals surface area contributed by atoms with Crippen LogP contribution in [0.15, 0.2) is 41.5 Å². The van der Waals surface area contributed by atoms with Crippen LogP contribution in [0.3, 0.4) is 0 Å². The first kappa shape index (κ1) is 25.7. The minimum atomic E-state index is -5.08. The van der Waals surface area contributed by atoms with Crippen molar-refractivity contribution in [1.29, 1.82) is 0 Å². The molecule has 194 valence electrons. The molecule has 1 aliphatic carbocycles. The summed E-state index contributed by atoms with van der Waals surface area (Å²) in [4.78, 5) is 17.5. The normalized spacial score (nSPS) is 26.5. The first-order chi connectivity index (χ1) is 17.0. The second-order valence-corrected chi connectivity index (χ2v) is 8.67. The Morgan fingerprint density at radius 1 is 1.31 bits per heavy atom. The number of ether oxygens (including phenoxy) is 3. The van der Waals surface area contributed by atoms with E-state index >= 15 is 0 Å². The number of benzene rings is 1. The third kappa shape index (κ3) is 4.95. The van der Waals surface area contributed by atoms with E-state index in [0.717, 1.165) is 36.1 Å². The Kier molecular flexibility index (Phi) is 7.07. The number of carbonyl (C=O) groups is 1. The van der Waals surface area contributed by atoms with Crippen LogP contribution in [0.1, 0.15) is 31.7 Å². The van der Waals surface area contributed by atoms with Gasteiger partial charge in [0.05, 0.1) is 6.10 Å². The van der Waals surface area contributed by atoms with Crippen molar-refractivity contribution in [3.8, 4) is 16.9 Å². The van der Waals surface area contributed by atoms with Crippen molar-refractivity contribution < 1.29 is 41.7 Å². The third-order valence-corrected chi connectivity index (χ3v) is 6.54. The number of halogens is 4. The van der Waals surface area contributed by atoms with E-state index in [1.807, 2.05) is 25.1 Å². The van der Waals surface area contributed by atoms with Crippen LogP contribution in [-0.2, 0) is 19.8 Å². The van der Waals surface area contributed by atoms with Gasteiger partial charge in [0.25, 0.3) is 6.02 Å². The van der Waals surface area contributed by atoms with Crippen LogP contribution in [0, 0.1) is 11.9 Å². The molecule has 2 aromatic rings. The van der Waals surface area contributed by atoms with Gasteiger partial charge in [0.1, 0.15) is 24.0 Å². The van der Waals surface area contributed by atoms with E-state index in [4.69, 9.17) is 34.8 Å². The van der Waals surface area contributed by atoms with Gasteiger partial charge in [-0.1, -0.05) is 6.07 Å². The minimum absolute atomic E-state index is 0.0263. The summed E-state index contributed by atoms with van der Waals surface area (Å²) in [5.74, 6) is -2.42. The number of nitrogens with two attached hydrogens (primary N) is 1. The highest BCUT2D eigenvalue weighted by atomic mass is 19.4. The maximum absolute atomic E-state index is 14.3. The summed E-state index contributed by atoms with van der Waals surface area (Å²) in [6.45, 7) is 3.05. The standard InChI is InChI=1S/C22H24FN3O3.C2HF3O2/c1-2-27-14-6-8-19-17(11-14)22(12-28-21(24)26-22)16-10-13(5-7-18(16)29-19)15-4-3-9-25-20(15)23;3-2(4,5)1(6)7/h3-5,7,9-10,14,17,19H,2,6,8,11-12H2,1H3,(H2,24,26);(H,6,7)/t14-,17-,19-,22?;/m0./s1. The lowest BCUT2D eigenvalue weighted by molar-refractivity contribution is -0.192. The van der Waals surface area contributed by atoms with E-state index in [1.54, 1.807) is 12.1 Å². The van der Waals surface area contributed by atoms with E-state index in [0.29, 0.717) is 18.8 Å². The molecule has 1 unspecified atom stereocenters. The van der Waals surface area contributed by atoms with Crippen molar-refractivity contribution in [1.82, 2.24) is 4.98 Å². The van der Waals surface area contributed by atoms with Crippen molar-refractivity contribution >= 4 is 12.0 Å². The summed E-state index contributed by atoms with van der Waals surface area (Å²) < 4.78 is 64.0. The fraction of sp³-hybridized carbons (Fsp3) is 0.458. The molecule has 2 aliphatic heterocycles. The first-order valence-corrected chi connectivity index (χ1v) is 11.4. The van der Waals surface area contributed by atoms with Gasteiger partial charge in [-0.05, 0) is 56.0 Å². The topological polar surface area (TPSA) is 116 Å². The Morgan fingerprint density at radius 2 is 2.06 bits per heavy atom. The fourth-order valence-corrected chi connectivity index (χ4v) is 5.01. The molecule has 3 N–H and O–H groups in total. The molecular formula is C24H25F4N3O5. The van der Waals surface area contributed by atoms with Crippen LogP contribution in [-0.4, -0.2) is 53.7 Å². The Morgan fingerprint density at radius 3 is 2.67 bits per heavy atom. The van der Waals surface area contributed by atoms with E-state index in [1.165, 1.54) is 6.20 Å². The van der Waals surface area contributed by atoms with Crippen molar-refractivity contribution in [2.75, 3.05) is 13.2 Å². The van der Waals surface area contributed by atoms with Gasteiger partial charge in [-0.15, -0.1) is 0 Å². The van der Waals surface area contributed by atoms with Gasteiger partial charge in [0.15, 0.2) is 0 Å². The molecule has 3 heterocycles. The lowest BCUT2D eigenvalue weighted by Crippen LogP contribution is -2.52. The SMILES string of the molecule is CCO[C@H]1CC[C@@H]2Oc3ccc(-c4cccnc4F)cc3C3(COC(N)=N3)[C@H]2C1.O=C(O)C(F)(F)F. The highest BCUT2D eigenvalue weighted by Crippen LogP contribution is 2.53. The number of amidine groups is 1. The molecule has 4 atom stereocenters. The molecule has 5 rings (SSSR count). The van der Waals surface area contributed by atoms with Gasteiger partial charge in [-0.25, -0.2) is 14.8 Å². The Hall–Kier alpha value is -3.41. The van der Waals surface area contributed by atoms with E-state index in [9.17, 15) is 17.6 Å². The molecule has 0 amide bonds. The summed E-state index contributed by atoms with van der Waals surface area (Å²) in [6.07, 6.45) is -0.774. The van der Waals surface area contributed by atoms with Crippen LogP contribution >= 0.6 is 0 Å². The van der Waals surface area contributed by atoms with Gasteiger partial charge in [0, 0.05) is 29.8 Å². The lowest BCUT2D eigenvalue weighted by atomic mass is 9.67. The molecular weight excluding hydrogens is 486 g/mol. The number of carboxylic acid groups (broad SMARTS) is 1. The number of aromatic nitrogens is 1. The van der Waals surface area contributed by atoms with Gasteiger partial charge >= 0.3 is 12.1 Å². The third-order valence-electron chi connectivity index (χ3n) is 6.54. The highest BCUT2D eigenvalue weighted by molar-refractivity contribution is 5.75. The number of nitrogens with zero attached hydrogens (tertiary/aromatic N) is 2. The molecule has 1 aromatic heterocycles.